The van der Waals surface area contributed by atoms with Crippen LogP contribution in [0.3, 0.4) is 0 Å². The average Bonchev–Trinajstić information content (AvgIpc) is 2.77. The van der Waals surface area contributed by atoms with Crippen molar-refractivity contribution >= 4 is 39.6 Å². The molecule has 2 aromatic rings. The lowest BCUT2D eigenvalue weighted by atomic mass is 10.1. The average molecular weight is 493 g/mol. The number of benzene rings is 1. The van der Waals surface area contributed by atoms with Gasteiger partial charge in [0.15, 0.2) is 5.96 Å². The summed E-state index contributed by atoms with van der Waals surface area (Å²) in [7, 11) is -2.86. The molecule has 0 radical (unpaired) electrons. The van der Waals surface area contributed by atoms with Gasteiger partial charge in [-0.25, -0.2) is 8.42 Å². The SMILES string of the molecule is COc1cccc(S(=O)(=O)Nc2c(N(C(C)=O)[C@H](C=O)CCCN=C(N)N)cc(C)[nH]c2=O)c1. The first-order chi connectivity index (χ1) is 16.0. The maximum Gasteiger partial charge on any atom is 0.274 e. The Morgan fingerprint density at radius 3 is 2.62 bits per heavy atom. The third-order valence-corrected chi connectivity index (χ3v) is 6.12. The number of sulfonamides is 1. The Bertz CT molecular complexity index is 1240. The maximum absolute atomic E-state index is 13.0. The van der Waals surface area contributed by atoms with E-state index in [1.54, 1.807) is 13.0 Å². The quantitative estimate of drug-likeness (QED) is 0.150. The molecule has 1 amide bonds. The van der Waals surface area contributed by atoms with Crippen molar-refractivity contribution in [1.29, 1.82) is 0 Å². The Morgan fingerprint density at radius 2 is 2.03 bits per heavy atom. The number of nitrogens with two attached hydrogens (primary N) is 2. The summed E-state index contributed by atoms with van der Waals surface area (Å²) in [5.41, 5.74) is 9.73. The number of amides is 1. The zero-order chi connectivity index (χ0) is 25.5. The van der Waals surface area contributed by atoms with E-state index in [4.69, 9.17) is 16.2 Å². The molecule has 184 valence electrons. The van der Waals surface area contributed by atoms with Crippen LogP contribution in [-0.4, -0.2) is 51.3 Å². The molecule has 0 spiro atoms. The number of carbonyl (C=O) groups excluding carboxylic acids is 2. The van der Waals surface area contributed by atoms with Gasteiger partial charge >= 0.3 is 0 Å². The molecule has 0 unspecified atom stereocenters. The van der Waals surface area contributed by atoms with E-state index in [1.807, 2.05) is 0 Å². The van der Waals surface area contributed by atoms with Gasteiger partial charge < -0.3 is 30.9 Å². The number of H-pyrrole nitrogens is 1. The van der Waals surface area contributed by atoms with Gasteiger partial charge in [-0.3, -0.25) is 19.3 Å². The number of hydrogen-bond acceptors (Lipinski definition) is 7. The number of guanidine groups is 1. The van der Waals surface area contributed by atoms with Crippen LogP contribution in [0.15, 0.2) is 45.0 Å². The third kappa shape index (κ3) is 6.57. The number of rotatable bonds is 11. The van der Waals surface area contributed by atoms with Gasteiger partial charge in [0.1, 0.15) is 17.7 Å². The lowest BCUT2D eigenvalue weighted by Gasteiger charge is -2.29. The predicted octanol–water partition coefficient (Wildman–Crippen LogP) is 0.467. The second kappa shape index (κ2) is 11.3. The van der Waals surface area contributed by atoms with Crippen molar-refractivity contribution in [2.75, 3.05) is 23.3 Å². The van der Waals surface area contributed by atoms with Crippen molar-refractivity contribution in [2.24, 2.45) is 16.5 Å². The van der Waals surface area contributed by atoms with E-state index in [2.05, 4.69) is 14.7 Å². The number of ether oxygens (including phenoxy) is 1. The van der Waals surface area contributed by atoms with Gasteiger partial charge in [0.2, 0.25) is 5.91 Å². The molecule has 0 aliphatic rings. The molecule has 0 saturated heterocycles. The van der Waals surface area contributed by atoms with Crippen LogP contribution in [0.1, 0.15) is 25.5 Å². The fourth-order valence-corrected chi connectivity index (χ4v) is 4.38. The molecule has 1 aromatic carbocycles. The van der Waals surface area contributed by atoms with Gasteiger partial charge in [-0.2, -0.15) is 0 Å². The number of aliphatic imine (C=N–C) groups is 1. The second-order valence-corrected chi connectivity index (χ2v) is 9.05. The molecule has 0 bridgehead atoms. The summed E-state index contributed by atoms with van der Waals surface area (Å²) in [6.45, 7) is 3.00. The van der Waals surface area contributed by atoms with Crippen LogP contribution in [-0.2, 0) is 19.6 Å². The van der Waals surface area contributed by atoms with Crippen LogP contribution in [0.4, 0.5) is 11.4 Å². The van der Waals surface area contributed by atoms with Gasteiger partial charge in [0.05, 0.1) is 23.7 Å². The first-order valence-electron chi connectivity index (χ1n) is 10.2. The number of carbonyl (C=O) groups is 2. The van der Waals surface area contributed by atoms with Crippen LogP contribution in [0.25, 0.3) is 0 Å². The minimum Gasteiger partial charge on any atom is -0.497 e. The number of nitrogens with one attached hydrogen (secondary N) is 2. The Morgan fingerprint density at radius 1 is 1.32 bits per heavy atom. The molecule has 1 atom stereocenters. The van der Waals surface area contributed by atoms with Gasteiger partial charge in [-0.15, -0.1) is 0 Å². The number of hydrogen-bond donors (Lipinski definition) is 4. The molecule has 1 aromatic heterocycles. The Balaban J connectivity index is 2.53. The normalized spacial score (nSPS) is 11.9. The summed E-state index contributed by atoms with van der Waals surface area (Å²) in [6, 6.07) is 6.08. The van der Waals surface area contributed by atoms with Gasteiger partial charge in [-0.1, -0.05) is 6.07 Å². The summed E-state index contributed by atoms with van der Waals surface area (Å²) in [4.78, 5) is 44.5. The number of nitrogens with zero attached hydrogens (tertiary/aromatic N) is 2. The van der Waals surface area contributed by atoms with Crippen molar-refractivity contribution in [2.45, 2.75) is 37.6 Å². The highest BCUT2D eigenvalue weighted by molar-refractivity contribution is 7.92. The van der Waals surface area contributed by atoms with Crippen molar-refractivity contribution in [3.63, 3.8) is 0 Å². The lowest BCUT2D eigenvalue weighted by Crippen LogP contribution is -2.42. The predicted molar refractivity (Wildman–Crippen MR) is 129 cm³/mol. The van der Waals surface area contributed by atoms with Crippen LogP contribution in [0.5, 0.6) is 5.75 Å². The molecule has 0 saturated carbocycles. The monoisotopic (exact) mass is 492 g/mol. The Hall–Kier alpha value is -3.87. The number of aldehydes is 1. The topological polar surface area (TPSA) is 190 Å². The molecule has 12 nitrogen and oxygen atoms in total. The first-order valence-corrected chi connectivity index (χ1v) is 11.7. The van der Waals surface area contributed by atoms with E-state index in [0.29, 0.717) is 24.2 Å². The fourth-order valence-electron chi connectivity index (χ4n) is 3.27. The smallest absolute Gasteiger partial charge is 0.274 e. The number of aryl methyl sites for hydroxylation is 1. The summed E-state index contributed by atoms with van der Waals surface area (Å²) in [6.07, 6.45) is 1.08. The molecule has 0 fully saturated rings. The molecule has 6 N–H and O–H groups in total. The molecule has 0 aliphatic carbocycles. The van der Waals surface area contributed by atoms with Gasteiger partial charge in [0.25, 0.3) is 15.6 Å². The second-order valence-electron chi connectivity index (χ2n) is 7.37. The highest BCUT2D eigenvalue weighted by atomic mass is 32.2. The summed E-state index contributed by atoms with van der Waals surface area (Å²) in [5.74, 6) is -0.371. The zero-order valence-corrected chi connectivity index (χ0v) is 19.9. The number of anilines is 2. The number of pyridine rings is 1. The van der Waals surface area contributed by atoms with E-state index < -0.39 is 33.2 Å². The standard InChI is InChI=1S/C21H28N6O6S/c1-13-10-18(27(14(2)29)15(12-28)6-5-9-24-21(22)23)19(20(30)25-13)26-34(31,32)17-8-4-7-16(11-17)33-3/h4,7-8,10-12,15,26H,5-6,9H2,1-3H3,(H,25,30)(H4,22,23,24)/t15-/m0/s1. The van der Waals surface area contributed by atoms with Crippen LogP contribution in [0, 0.1) is 6.92 Å². The molecule has 13 heteroatoms. The van der Waals surface area contributed by atoms with E-state index in [1.165, 1.54) is 38.3 Å². The maximum atomic E-state index is 13.0. The molecular weight excluding hydrogens is 464 g/mol. The van der Waals surface area contributed by atoms with Gasteiger partial charge in [0, 0.05) is 25.2 Å². The minimum atomic E-state index is -4.25. The molecule has 2 rings (SSSR count). The lowest BCUT2D eigenvalue weighted by molar-refractivity contribution is -0.119. The largest absolute Gasteiger partial charge is 0.497 e. The zero-order valence-electron chi connectivity index (χ0n) is 19.1. The minimum absolute atomic E-state index is 0.0563. The molecular formula is C21H28N6O6S. The Kier molecular flexibility index (Phi) is 8.78. The number of aromatic amines is 1. The van der Waals surface area contributed by atoms with E-state index in [0.717, 1.165) is 4.90 Å². The van der Waals surface area contributed by atoms with Crippen molar-refractivity contribution in [3.8, 4) is 5.75 Å². The fraction of sp³-hybridized carbons (Fsp3) is 0.333. The highest BCUT2D eigenvalue weighted by Gasteiger charge is 2.28. The summed E-state index contributed by atoms with van der Waals surface area (Å²) >= 11 is 0. The molecule has 0 aliphatic heterocycles. The number of methoxy groups -OCH3 is 1. The first kappa shape index (κ1) is 26.4. The molecule has 1 heterocycles. The van der Waals surface area contributed by atoms with Crippen LogP contribution < -0.4 is 31.4 Å². The number of aromatic nitrogens is 1. The van der Waals surface area contributed by atoms with Crippen molar-refractivity contribution < 1.29 is 22.7 Å². The van der Waals surface area contributed by atoms with Gasteiger partial charge in [-0.05, 0) is 38.0 Å². The van der Waals surface area contributed by atoms with E-state index in [-0.39, 0.29) is 29.5 Å². The summed E-state index contributed by atoms with van der Waals surface area (Å²) < 4.78 is 33.4. The third-order valence-electron chi connectivity index (χ3n) is 4.77. The van der Waals surface area contributed by atoms with Crippen molar-refractivity contribution in [1.82, 2.24) is 4.98 Å². The van der Waals surface area contributed by atoms with Crippen LogP contribution in [0.2, 0.25) is 0 Å². The van der Waals surface area contributed by atoms with E-state index in [9.17, 15) is 22.8 Å². The molecule has 34 heavy (non-hydrogen) atoms. The highest BCUT2D eigenvalue weighted by Crippen LogP contribution is 2.29. The van der Waals surface area contributed by atoms with E-state index >= 15 is 0 Å². The summed E-state index contributed by atoms with van der Waals surface area (Å²) in [5, 5.41) is 0. The van der Waals surface area contributed by atoms with Crippen LogP contribution >= 0.6 is 0 Å². The van der Waals surface area contributed by atoms with Crippen molar-refractivity contribution in [3.05, 3.63) is 46.4 Å². The Labute approximate surface area is 197 Å².